The molecule has 0 unspecified atom stereocenters. The third-order valence-electron chi connectivity index (χ3n) is 2.64. The minimum absolute atomic E-state index is 0.194. The molecule has 0 aliphatic carbocycles. The van der Waals surface area contributed by atoms with Crippen molar-refractivity contribution in [1.82, 2.24) is 9.97 Å². The molecule has 0 bridgehead atoms. The van der Waals surface area contributed by atoms with Gasteiger partial charge in [-0.15, -0.1) is 0 Å². The monoisotopic (exact) mass is 245 g/mol. The van der Waals surface area contributed by atoms with Crippen molar-refractivity contribution in [2.24, 2.45) is 5.73 Å². The number of rotatable bonds is 3. The summed E-state index contributed by atoms with van der Waals surface area (Å²) in [6.45, 7) is 2.29. The van der Waals surface area contributed by atoms with Crippen LogP contribution in [0.3, 0.4) is 0 Å². The lowest BCUT2D eigenvalue weighted by Gasteiger charge is -2.06. The zero-order valence-corrected chi connectivity index (χ0v) is 10.1. The molecule has 4 N–H and O–H groups in total. The van der Waals surface area contributed by atoms with Crippen molar-refractivity contribution in [1.29, 1.82) is 0 Å². The Morgan fingerprint density at radius 1 is 1.44 bits per heavy atom. The van der Waals surface area contributed by atoms with Crippen LogP contribution in [0.25, 0.3) is 11.1 Å². The topological polar surface area (TPSA) is 92.0 Å². The maximum Gasteiger partial charge on any atom is 0.262 e. The Morgan fingerprint density at radius 3 is 2.83 bits per heavy atom. The van der Waals surface area contributed by atoms with E-state index in [-0.39, 0.29) is 17.0 Å². The number of nitrogens with zero attached hydrogens (tertiary/aromatic N) is 1. The second-order valence-corrected chi connectivity index (χ2v) is 4.12. The van der Waals surface area contributed by atoms with Crippen LogP contribution < -0.4 is 11.3 Å². The molecule has 2 rings (SSSR count). The first-order valence-electron chi connectivity index (χ1n) is 5.71. The first-order chi connectivity index (χ1) is 8.61. The van der Waals surface area contributed by atoms with E-state index in [0.29, 0.717) is 24.4 Å². The Hall–Kier alpha value is -2.14. The molecule has 0 aliphatic heterocycles. The minimum Gasteiger partial charge on any atom is -0.493 e. The molecule has 2 aromatic rings. The molecule has 0 saturated heterocycles. The Balaban J connectivity index is 2.55. The van der Waals surface area contributed by atoms with Gasteiger partial charge in [0.05, 0.1) is 0 Å². The van der Waals surface area contributed by atoms with E-state index in [2.05, 4.69) is 9.97 Å². The highest BCUT2D eigenvalue weighted by Gasteiger charge is 2.12. The number of aromatic nitrogens is 2. The average Bonchev–Trinajstić information content (AvgIpc) is 2.28. The van der Waals surface area contributed by atoms with Crippen LogP contribution >= 0.6 is 0 Å². The van der Waals surface area contributed by atoms with Gasteiger partial charge in [-0.05, 0) is 19.0 Å². The van der Waals surface area contributed by atoms with Gasteiger partial charge >= 0.3 is 0 Å². The van der Waals surface area contributed by atoms with Gasteiger partial charge in [0.2, 0.25) is 5.88 Å². The fourth-order valence-corrected chi connectivity index (χ4v) is 1.82. The second kappa shape index (κ2) is 5.01. The van der Waals surface area contributed by atoms with Gasteiger partial charge in [-0.1, -0.05) is 29.8 Å². The molecule has 0 fully saturated rings. The normalized spacial score (nSPS) is 10.6. The predicted octanol–water partition coefficient (Wildman–Crippen LogP) is 0.952. The van der Waals surface area contributed by atoms with E-state index >= 15 is 0 Å². The predicted molar refractivity (Wildman–Crippen MR) is 69.5 cm³/mol. The van der Waals surface area contributed by atoms with Crippen LogP contribution in [0.4, 0.5) is 0 Å². The first kappa shape index (κ1) is 12.3. The maximum atomic E-state index is 12.0. The third kappa shape index (κ3) is 2.41. The highest BCUT2D eigenvalue weighted by molar-refractivity contribution is 5.67. The van der Waals surface area contributed by atoms with Crippen molar-refractivity contribution in [3.63, 3.8) is 0 Å². The van der Waals surface area contributed by atoms with Gasteiger partial charge in [-0.3, -0.25) is 4.79 Å². The number of nitrogens with one attached hydrogen (secondary N) is 1. The average molecular weight is 245 g/mol. The molecule has 1 heterocycles. The van der Waals surface area contributed by atoms with Gasteiger partial charge in [0.25, 0.3) is 5.56 Å². The highest BCUT2D eigenvalue weighted by atomic mass is 16.3. The highest BCUT2D eigenvalue weighted by Crippen LogP contribution is 2.23. The van der Waals surface area contributed by atoms with E-state index in [1.807, 2.05) is 25.1 Å². The summed E-state index contributed by atoms with van der Waals surface area (Å²) in [5, 5.41) is 9.87. The largest absolute Gasteiger partial charge is 0.493 e. The van der Waals surface area contributed by atoms with E-state index in [1.165, 1.54) is 0 Å². The molecule has 1 aromatic heterocycles. The molecular formula is C13H15N3O2. The van der Waals surface area contributed by atoms with Crippen molar-refractivity contribution in [2.45, 2.75) is 13.3 Å². The van der Waals surface area contributed by atoms with Crippen LogP contribution in [0.1, 0.15) is 11.4 Å². The summed E-state index contributed by atoms with van der Waals surface area (Å²) in [5.74, 6) is 0.143. The lowest BCUT2D eigenvalue weighted by Crippen LogP contribution is -2.16. The number of hydrogen-bond acceptors (Lipinski definition) is 4. The van der Waals surface area contributed by atoms with E-state index in [0.717, 1.165) is 5.56 Å². The van der Waals surface area contributed by atoms with E-state index in [9.17, 15) is 9.90 Å². The number of hydrogen-bond donors (Lipinski definition) is 3. The van der Waals surface area contributed by atoms with Crippen molar-refractivity contribution in [3.8, 4) is 17.0 Å². The SMILES string of the molecule is Cc1cccc(-c2c(O)nc(CCN)[nH]c2=O)c1. The van der Waals surface area contributed by atoms with Crippen LogP contribution in [0.15, 0.2) is 29.1 Å². The molecule has 0 saturated carbocycles. The number of aromatic amines is 1. The summed E-state index contributed by atoms with van der Waals surface area (Å²) >= 11 is 0. The summed E-state index contributed by atoms with van der Waals surface area (Å²) in [6, 6.07) is 7.35. The number of nitrogens with two attached hydrogens (primary N) is 1. The van der Waals surface area contributed by atoms with Gasteiger partial charge in [0.1, 0.15) is 11.4 Å². The molecule has 0 aliphatic rings. The van der Waals surface area contributed by atoms with Gasteiger partial charge in [-0.25, -0.2) is 0 Å². The molecule has 0 spiro atoms. The Morgan fingerprint density at radius 2 is 2.22 bits per heavy atom. The van der Waals surface area contributed by atoms with Crippen LogP contribution in [-0.2, 0) is 6.42 Å². The molecule has 0 radical (unpaired) electrons. The maximum absolute atomic E-state index is 12.0. The number of aryl methyl sites for hydroxylation is 1. The standard InChI is InChI=1S/C13H15N3O2/c1-8-3-2-4-9(7-8)11-12(17)15-10(5-6-14)16-13(11)18/h2-4,7H,5-6,14H2,1H3,(H2,15,16,17,18). The molecule has 1 aromatic carbocycles. The molecule has 0 amide bonds. The summed E-state index contributed by atoms with van der Waals surface area (Å²) in [6.07, 6.45) is 0.427. The van der Waals surface area contributed by atoms with Crippen molar-refractivity contribution >= 4 is 0 Å². The van der Waals surface area contributed by atoms with E-state index in [4.69, 9.17) is 5.73 Å². The second-order valence-electron chi connectivity index (χ2n) is 4.12. The van der Waals surface area contributed by atoms with Crippen LogP contribution in [-0.4, -0.2) is 21.6 Å². The summed E-state index contributed by atoms with van der Waals surface area (Å²) < 4.78 is 0. The number of benzene rings is 1. The summed E-state index contributed by atoms with van der Waals surface area (Å²) in [4.78, 5) is 18.5. The first-order valence-corrected chi connectivity index (χ1v) is 5.71. The van der Waals surface area contributed by atoms with Crippen molar-refractivity contribution < 1.29 is 5.11 Å². The fraction of sp³-hybridized carbons (Fsp3) is 0.231. The van der Waals surface area contributed by atoms with Gasteiger partial charge < -0.3 is 15.8 Å². The van der Waals surface area contributed by atoms with Gasteiger partial charge in [0, 0.05) is 6.42 Å². The van der Waals surface area contributed by atoms with Crippen LogP contribution in [0, 0.1) is 6.92 Å². The Bertz CT molecular complexity index is 620. The third-order valence-corrected chi connectivity index (χ3v) is 2.64. The fourth-order valence-electron chi connectivity index (χ4n) is 1.82. The van der Waals surface area contributed by atoms with E-state index in [1.54, 1.807) is 6.07 Å². The van der Waals surface area contributed by atoms with Crippen molar-refractivity contribution in [3.05, 3.63) is 46.0 Å². The van der Waals surface area contributed by atoms with Crippen molar-refractivity contribution in [2.75, 3.05) is 6.54 Å². The van der Waals surface area contributed by atoms with Crippen LogP contribution in [0.5, 0.6) is 5.88 Å². The Labute approximate surface area is 104 Å². The summed E-state index contributed by atoms with van der Waals surface area (Å²) in [5.41, 5.74) is 6.89. The van der Waals surface area contributed by atoms with Gasteiger partial charge in [-0.2, -0.15) is 4.98 Å². The lowest BCUT2D eigenvalue weighted by molar-refractivity contribution is 0.450. The molecule has 18 heavy (non-hydrogen) atoms. The van der Waals surface area contributed by atoms with Crippen LogP contribution in [0.2, 0.25) is 0 Å². The molecule has 94 valence electrons. The molecule has 5 nitrogen and oxygen atoms in total. The zero-order chi connectivity index (χ0) is 13.1. The Kier molecular flexibility index (Phi) is 3.43. The number of H-pyrrole nitrogens is 1. The minimum atomic E-state index is -0.350. The molecule has 0 atom stereocenters. The van der Waals surface area contributed by atoms with E-state index < -0.39 is 0 Å². The smallest absolute Gasteiger partial charge is 0.262 e. The quantitative estimate of drug-likeness (QED) is 0.750. The number of aromatic hydroxyl groups is 1. The lowest BCUT2D eigenvalue weighted by atomic mass is 10.1. The summed E-state index contributed by atoms with van der Waals surface area (Å²) in [7, 11) is 0. The van der Waals surface area contributed by atoms with Gasteiger partial charge in [0.15, 0.2) is 0 Å². The molecule has 5 heteroatoms. The zero-order valence-electron chi connectivity index (χ0n) is 10.1. The molecular weight excluding hydrogens is 230 g/mol.